The highest BCUT2D eigenvalue weighted by Crippen LogP contribution is 2.19. The average Bonchev–Trinajstić information content (AvgIpc) is 3.50. The number of nitrogens with one attached hydrogen (secondary N) is 2. The minimum absolute atomic E-state index is 0.0467. The van der Waals surface area contributed by atoms with Crippen LogP contribution in [0.3, 0.4) is 0 Å². The highest BCUT2D eigenvalue weighted by atomic mass is 16.2. The van der Waals surface area contributed by atoms with Crippen molar-refractivity contribution in [3.8, 4) is 0 Å². The first-order chi connectivity index (χ1) is 13.2. The second-order valence-electron chi connectivity index (χ2n) is 6.61. The Labute approximate surface area is 157 Å². The van der Waals surface area contributed by atoms with Gasteiger partial charge in [0.15, 0.2) is 0 Å². The summed E-state index contributed by atoms with van der Waals surface area (Å²) in [6.45, 7) is 0. The molecule has 1 aliphatic rings. The fourth-order valence-electron chi connectivity index (χ4n) is 2.74. The molecule has 1 saturated carbocycles. The maximum Gasteiger partial charge on any atom is 0.251 e. The van der Waals surface area contributed by atoms with E-state index in [0.29, 0.717) is 17.3 Å². The predicted molar refractivity (Wildman–Crippen MR) is 106 cm³/mol. The molecule has 0 atom stereocenters. The van der Waals surface area contributed by atoms with Gasteiger partial charge in [-0.15, -0.1) is 0 Å². The summed E-state index contributed by atoms with van der Waals surface area (Å²) in [6.07, 6.45) is 6.95. The van der Waals surface area contributed by atoms with Gasteiger partial charge in [0.1, 0.15) is 0 Å². The molecule has 1 aliphatic carbocycles. The van der Waals surface area contributed by atoms with E-state index in [9.17, 15) is 9.59 Å². The van der Waals surface area contributed by atoms with E-state index in [1.54, 1.807) is 24.4 Å². The first-order valence-electron chi connectivity index (χ1n) is 8.92. The number of benzene rings is 2. The van der Waals surface area contributed by atoms with Crippen LogP contribution in [-0.4, -0.2) is 22.8 Å². The number of amides is 2. The predicted octanol–water partition coefficient (Wildman–Crippen LogP) is 3.78. The molecule has 0 unspecified atom stereocenters. The smallest absolute Gasteiger partial charge is 0.251 e. The van der Waals surface area contributed by atoms with E-state index in [1.165, 1.54) is 6.08 Å². The molecule has 27 heavy (non-hydrogen) atoms. The summed E-state index contributed by atoms with van der Waals surface area (Å²) in [6, 6.07) is 17.1. The Hall–Kier alpha value is -3.47. The minimum atomic E-state index is -0.234. The molecule has 1 aromatic heterocycles. The third kappa shape index (κ3) is 4.39. The molecule has 2 N–H and O–H groups in total. The number of rotatable bonds is 5. The Morgan fingerprint density at radius 1 is 1.04 bits per heavy atom. The number of hydrogen-bond donors (Lipinski definition) is 2. The maximum absolute atomic E-state index is 12.1. The highest BCUT2D eigenvalue weighted by molar-refractivity contribution is 6.02. The van der Waals surface area contributed by atoms with Gasteiger partial charge >= 0.3 is 0 Å². The molecule has 0 aliphatic heterocycles. The van der Waals surface area contributed by atoms with Crippen LogP contribution < -0.4 is 10.6 Å². The van der Waals surface area contributed by atoms with E-state index in [2.05, 4.69) is 15.6 Å². The van der Waals surface area contributed by atoms with E-state index < -0.39 is 0 Å². The van der Waals surface area contributed by atoms with Crippen molar-refractivity contribution in [2.75, 3.05) is 5.32 Å². The summed E-state index contributed by atoms with van der Waals surface area (Å²) >= 11 is 0. The molecule has 0 saturated heterocycles. The summed E-state index contributed by atoms with van der Waals surface area (Å²) in [7, 11) is 0. The lowest BCUT2D eigenvalue weighted by atomic mass is 10.1. The summed E-state index contributed by atoms with van der Waals surface area (Å²) in [5.41, 5.74) is 3.02. The third-order valence-corrected chi connectivity index (χ3v) is 4.37. The SMILES string of the molecule is O=C(/C=C/c1ccc(C(=O)NC2CC2)cc1)Nc1cnc2ccccc2c1. The maximum atomic E-state index is 12.1. The second kappa shape index (κ2) is 7.41. The van der Waals surface area contributed by atoms with Crippen molar-refractivity contribution in [2.45, 2.75) is 18.9 Å². The Morgan fingerprint density at radius 2 is 1.81 bits per heavy atom. The first kappa shape index (κ1) is 17.0. The van der Waals surface area contributed by atoms with Gasteiger partial charge in [-0.05, 0) is 48.7 Å². The second-order valence-corrected chi connectivity index (χ2v) is 6.61. The lowest BCUT2D eigenvalue weighted by molar-refractivity contribution is -0.111. The van der Waals surface area contributed by atoms with Crippen LogP contribution in [0.4, 0.5) is 5.69 Å². The van der Waals surface area contributed by atoms with Gasteiger partial charge in [-0.3, -0.25) is 14.6 Å². The summed E-state index contributed by atoms with van der Waals surface area (Å²) in [5.74, 6) is -0.280. The minimum Gasteiger partial charge on any atom is -0.349 e. The van der Waals surface area contributed by atoms with E-state index >= 15 is 0 Å². The van der Waals surface area contributed by atoms with Crippen LogP contribution in [0.5, 0.6) is 0 Å². The molecule has 2 amide bonds. The van der Waals surface area contributed by atoms with Crippen LogP contribution in [0.2, 0.25) is 0 Å². The van der Waals surface area contributed by atoms with Crippen molar-refractivity contribution < 1.29 is 9.59 Å². The van der Waals surface area contributed by atoms with Crippen molar-refractivity contribution in [1.82, 2.24) is 10.3 Å². The van der Waals surface area contributed by atoms with Crippen LogP contribution in [0.25, 0.3) is 17.0 Å². The van der Waals surface area contributed by atoms with Crippen molar-refractivity contribution >= 4 is 34.5 Å². The Kier molecular flexibility index (Phi) is 4.66. The number of fused-ring (bicyclic) bond motifs is 1. The summed E-state index contributed by atoms with van der Waals surface area (Å²) in [4.78, 5) is 28.4. The zero-order chi connectivity index (χ0) is 18.6. The number of anilines is 1. The average molecular weight is 357 g/mol. The molecular formula is C22H19N3O2. The molecular weight excluding hydrogens is 338 g/mol. The number of hydrogen-bond acceptors (Lipinski definition) is 3. The number of pyridine rings is 1. The number of carbonyl (C=O) groups excluding carboxylic acids is 2. The Bertz CT molecular complexity index is 1020. The topological polar surface area (TPSA) is 71.1 Å². The Morgan fingerprint density at radius 3 is 2.59 bits per heavy atom. The molecule has 0 spiro atoms. The molecule has 0 radical (unpaired) electrons. The van der Waals surface area contributed by atoms with Crippen LogP contribution in [0, 0.1) is 0 Å². The zero-order valence-electron chi connectivity index (χ0n) is 14.7. The van der Waals surface area contributed by atoms with Crippen LogP contribution in [-0.2, 0) is 4.79 Å². The molecule has 4 rings (SSSR count). The van der Waals surface area contributed by atoms with Gasteiger partial charge < -0.3 is 10.6 Å². The molecule has 0 bridgehead atoms. The zero-order valence-corrected chi connectivity index (χ0v) is 14.7. The van der Waals surface area contributed by atoms with E-state index in [4.69, 9.17) is 0 Å². The van der Waals surface area contributed by atoms with Gasteiger partial charge in [-0.1, -0.05) is 30.3 Å². The van der Waals surface area contributed by atoms with Crippen LogP contribution >= 0.6 is 0 Å². The molecule has 5 nitrogen and oxygen atoms in total. The first-order valence-corrected chi connectivity index (χ1v) is 8.92. The van der Waals surface area contributed by atoms with E-state index in [0.717, 1.165) is 29.3 Å². The molecule has 3 aromatic rings. The number of carbonyl (C=O) groups is 2. The van der Waals surface area contributed by atoms with E-state index in [-0.39, 0.29) is 11.8 Å². The summed E-state index contributed by atoms with van der Waals surface area (Å²) < 4.78 is 0. The number of nitrogens with zero attached hydrogens (tertiary/aromatic N) is 1. The number of para-hydroxylation sites is 1. The molecule has 1 fully saturated rings. The molecule has 134 valence electrons. The van der Waals surface area contributed by atoms with Gasteiger partial charge in [0.25, 0.3) is 5.91 Å². The molecule has 1 heterocycles. The van der Waals surface area contributed by atoms with Crippen molar-refractivity contribution in [1.29, 1.82) is 0 Å². The normalized spacial score (nSPS) is 13.6. The van der Waals surface area contributed by atoms with Gasteiger partial charge in [-0.2, -0.15) is 0 Å². The monoisotopic (exact) mass is 357 g/mol. The lowest BCUT2D eigenvalue weighted by Crippen LogP contribution is -2.25. The molecule has 5 heteroatoms. The van der Waals surface area contributed by atoms with Crippen molar-refractivity contribution in [3.63, 3.8) is 0 Å². The van der Waals surface area contributed by atoms with Crippen molar-refractivity contribution in [3.05, 3.63) is 78.0 Å². The fraction of sp³-hybridized carbons (Fsp3) is 0.136. The van der Waals surface area contributed by atoms with Gasteiger partial charge in [0, 0.05) is 23.1 Å². The van der Waals surface area contributed by atoms with Gasteiger partial charge in [-0.25, -0.2) is 0 Å². The van der Waals surface area contributed by atoms with E-state index in [1.807, 2.05) is 42.5 Å². The quantitative estimate of drug-likeness (QED) is 0.683. The largest absolute Gasteiger partial charge is 0.349 e. The number of aromatic nitrogens is 1. The van der Waals surface area contributed by atoms with Crippen LogP contribution in [0.1, 0.15) is 28.8 Å². The van der Waals surface area contributed by atoms with Gasteiger partial charge in [0.05, 0.1) is 17.4 Å². The standard InChI is InChI=1S/C22H19N3O2/c26-21(24-19-13-17-3-1-2-4-20(17)23-14-19)12-7-15-5-8-16(9-6-15)22(27)25-18-10-11-18/h1-9,12-14,18H,10-11H2,(H,24,26)(H,25,27)/b12-7+. The summed E-state index contributed by atoms with van der Waals surface area (Å²) in [5, 5.41) is 6.73. The van der Waals surface area contributed by atoms with Crippen molar-refractivity contribution in [2.24, 2.45) is 0 Å². The highest BCUT2D eigenvalue weighted by Gasteiger charge is 2.23. The lowest BCUT2D eigenvalue weighted by Gasteiger charge is -2.04. The fourth-order valence-corrected chi connectivity index (χ4v) is 2.74. The molecule has 2 aromatic carbocycles. The van der Waals surface area contributed by atoms with Gasteiger partial charge in [0.2, 0.25) is 5.91 Å². The van der Waals surface area contributed by atoms with Crippen LogP contribution in [0.15, 0.2) is 66.9 Å². The Balaban J connectivity index is 1.37. The third-order valence-electron chi connectivity index (χ3n) is 4.37.